The van der Waals surface area contributed by atoms with Crippen LogP contribution in [-0.4, -0.2) is 100 Å². The van der Waals surface area contributed by atoms with Crippen molar-refractivity contribution in [2.24, 2.45) is 0 Å². The Balaban J connectivity index is 1.21. The number of hydrogen-bond acceptors (Lipinski definition) is 11. The molecule has 3 aliphatic heterocycles. The molecule has 3 saturated heterocycles. The first-order valence-electron chi connectivity index (χ1n) is 12.2. The molecule has 3 fully saturated rings. The molecule has 2 aromatic rings. The van der Waals surface area contributed by atoms with Gasteiger partial charge in [0.15, 0.2) is 18.9 Å². The molecular formula is C26H32O11. The summed E-state index contributed by atoms with van der Waals surface area (Å²) in [6.07, 6.45) is -13.4. The van der Waals surface area contributed by atoms with Crippen molar-refractivity contribution >= 4 is 0 Å². The van der Waals surface area contributed by atoms with Gasteiger partial charge in [-0.25, -0.2) is 0 Å². The monoisotopic (exact) mass is 520 g/mol. The number of rotatable bonds is 7. The maximum Gasteiger partial charge on any atom is 0.187 e. The molecule has 37 heavy (non-hydrogen) atoms. The highest BCUT2D eigenvalue weighted by atomic mass is 16.8. The fourth-order valence-electron chi connectivity index (χ4n) is 4.74. The van der Waals surface area contributed by atoms with E-state index in [2.05, 4.69) is 0 Å². The van der Waals surface area contributed by atoms with Gasteiger partial charge in [-0.15, -0.1) is 0 Å². The molecule has 5 N–H and O–H groups in total. The van der Waals surface area contributed by atoms with E-state index in [1.54, 1.807) is 0 Å². The molecule has 0 radical (unpaired) electrons. The van der Waals surface area contributed by atoms with Gasteiger partial charge in [0, 0.05) is 5.56 Å². The van der Waals surface area contributed by atoms with Gasteiger partial charge in [0.1, 0.15) is 48.8 Å². The van der Waals surface area contributed by atoms with Crippen LogP contribution in [0.5, 0.6) is 0 Å². The summed E-state index contributed by atoms with van der Waals surface area (Å²) in [7, 11) is 0. The third-order valence-corrected chi connectivity index (χ3v) is 6.77. The molecule has 0 amide bonds. The fraction of sp³-hybridized carbons (Fsp3) is 0.538. The molecular weight excluding hydrogens is 488 g/mol. The van der Waals surface area contributed by atoms with E-state index in [0.29, 0.717) is 0 Å². The third kappa shape index (κ3) is 5.72. The van der Waals surface area contributed by atoms with Crippen LogP contribution >= 0.6 is 0 Å². The molecule has 3 aliphatic rings. The third-order valence-electron chi connectivity index (χ3n) is 6.77. The summed E-state index contributed by atoms with van der Waals surface area (Å²) in [6.45, 7) is -0.399. The number of ether oxygens (including phenoxy) is 6. The molecule has 0 spiro atoms. The van der Waals surface area contributed by atoms with E-state index in [9.17, 15) is 25.5 Å². The second-order valence-corrected chi connectivity index (χ2v) is 9.30. The summed E-state index contributed by atoms with van der Waals surface area (Å²) >= 11 is 0. The number of aliphatic hydroxyl groups is 5. The predicted molar refractivity (Wildman–Crippen MR) is 125 cm³/mol. The Morgan fingerprint density at radius 2 is 1.43 bits per heavy atom. The van der Waals surface area contributed by atoms with Crippen molar-refractivity contribution in [2.45, 2.75) is 74.3 Å². The minimum atomic E-state index is -1.55. The summed E-state index contributed by atoms with van der Waals surface area (Å²) in [5.74, 6) is 0. The fourth-order valence-corrected chi connectivity index (χ4v) is 4.74. The van der Waals surface area contributed by atoms with E-state index in [-0.39, 0.29) is 13.2 Å². The van der Waals surface area contributed by atoms with Gasteiger partial charge >= 0.3 is 0 Å². The largest absolute Gasteiger partial charge is 0.394 e. The Labute approximate surface area is 213 Å². The van der Waals surface area contributed by atoms with E-state index < -0.39 is 74.3 Å². The molecule has 0 saturated carbocycles. The Bertz CT molecular complexity index is 975. The SMILES string of the molecule is OCC1O[C@@H](OCc2ccccc2)C(O)[C@@H](O)[C@@H]1O[C@@H]1OC2COC(c3ccccc3)O[C@@H]2C(O)C1O. The number of fused-ring (bicyclic) bond motifs is 1. The molecule has 0 bridgehead atoms. The van der Waals surface area contributed by atoms with Crippen LogP contribution in [0.1, 0.15) is 17.4 Å². The molecule has 11 heteroatoms. The minimum Gasteiger partial charge on any atom is -0.394 e. The van der Waals surface area contributed by atoms with Crippen LogP contribution in [0, 0.1) is 0 Å². The molecule has 5 rings (SSSR count). The zero-order chi connectivity index (χ0) is 25.9. The zero-order valence-electron chi connectivity index (χ0n) is 19.9. The first kappa shape index (κ1) is 26.6. The van der Waals surface area contributed by atoms with Crippen LogP contribution in [0.15, 0.2) is 60.7 Å². The quantitative estimate of drug-likeness (QED) is 0.323. The van der Waals surface area contributed by atoms with Gasteiger partial charge < -0.3 is 54.0 Å². The lowest BCUT2D eigenvalue weighted by Crippen LogP contribution is -2.65. The molecule has 3 heterocycles. The highest BCUT2D eigenvalue weighted by molar-refractivity contribution is 5.17. The van der Waals surface area contributed by atoms with Crippen molar-refractivity contribution in [3.05, 3.63) is 71.8 Å². The number of hydrogen-bond donors (Lipinski definition) is 5. The van der Waals surface area contributed by atoms with Crippen LogP contribution in [0.25, 0.3) is 0 Å². The van der Waals surface area contributed by atoms with Gasteiger partial charge in [-0.1, -0.05) is 60.7 Å². The molecule has 2 aromatic carbocycles. The maximum absolute atomic E-state index is 10.8. The summed E-state index contributed by atoms with van der Waals surface area (Å²) in [6, 6.07) is 18.4. The van der Waals surface area contributed by atoms with Gasteiger partial charge in [0.2, 0.25) is 0 Å². The highest BCUT2D eigenvalue weighted by Crippen LogP contribution is 2.36. The Kier molecular flexibility index (Phi) is 8.49. The lowest BCUT2D eigenvalue weighted by Gasteiger charge is -2.48. The summed E-state index contributed by atoms with van der Waals surface area (Å²) in [4.78, 5) is 0. The molecule has 0 aliphatic carbocycles. The number of aliphatic hydroxyl groups excluding tert-OH is 5. The first-order valence-corrected chi connectivity index (χ1v) is 12.2. The van der Waals surface area contributed by atoms with Crippen molar-refractivity contribution in [1.29, 1.82) is 0 Å². The summed E-state index contributed by atoms with van der Waals surface area (Å²) in [5, 5.41) is 52.8. The van der Waals surface area contributed by atoms with Gasteiger partial charge in [-0.3, -0.25) is 0 Å². The van der Waals surface area contributed by atoms with Crippen molar-refractivity contribution in [2.75, 3.05) is 13.2 Å². The second kappa shape index (κ2) is 11.8. The van der Waals surface area contributed by atoms with E-state index in [1.165, 1.54) is 0 Å². The minimum absolute atomic E-state index is 0.0546. The average Bonchev–Trinajstić information content (AvgIpc) is 2.94. The Morgan fingerprint density at radius 1 is 0.757 bits per heavy atom. The van der Waals surface area contributed by atoms with Crippen molar-refractivity contribution in [1.82, 2.24) is 0 Å². The average molecular weight is 521 g/mol. The highest BCUT2D eigenvalue weighted by Gasteiger charge is 2.53. The first-order chi connectivity index (χ1) is 18.0. The van der Waals surface area contributed by atoms with Crippen LogP contribution < -0.4 is 0 Å². The second-order valence-electron chi connectivity index (χ2n) is 9.30. The Hall–Kier alpha value is -2.00. The van der Waals surface area contributed by atoms with E-state index in [0.717, 1.165) is 11.1 Å². The van der Waals surface area contributed by atoms with E-state index >= 15 is 0 Å². The predicted octanol–water partition coefficient (Wildman–Crippen LogP) is -0.412. The summed E-state index contributed by atoms with van der Waals surface area (Å²) in [5.41, 5.74) is 1.59. The van der Waals surface area contributed by atoms with Gasteiger partial charge in [0.05, 0.1) is 19.8 Å². The standard InChI is InChI=1S/C26H32O11/c27-11-16-22(18(28)20(30)25(34-16)32-12-14-7-3-1-4-8-14)37-26-21(31)19(29)23-17(35-26)13-33-24(36-23)15-9-5-2-6-10-15/h1-10,16-31H,11-13H2/t16?,17?,18-,19?,20?,21?,22-,23+,24?,25-,26+/m1/s1. The van der Waals surface area contributed by atoms with Crippen LogP contribution in [0.2, 0.25) is 0 Å². The topological polar surface area (TPSA) is 157 Å². The van der Waals surface area contributed by atoms with Gasteiger partial charge in [0.25, 0.3) is 0 Å². The van der Waals surface area contributed by atoms with Gasteiger partial charge in [-0.05, 0) is 5.56 Å². The molecule has 202 valence electrons. The van der Waals surface area contributed by atoms with Crippen LogP contribution in [0.4, 0.5) is 0 Å². The smallest absolute Gasteiger partial charge is 0.187 e. The molecule has 11 atom stereocenters. The lowest BCUT2D eigenvalue weighted by molar-refractivity contribution is -0.386. The van der Waals surface area contributed by atoms with E-state index in [1.807, 2.05) is 60.7 Å². The normalized spacial score (nSPS) is 40.2. The molecule has 6 unspecified atom stereocenters. The van der Waals surface area contributed by atoms with E-state index in [4.69, 9.17) is 28.4 Å². The lowest BCUT2D eigenvalue weighted by atomic mass is 9.96. The van der Waals surface area contributed by atoms with Crippen molar-refractivity contribution in [3.63, 3.8) is 0 Å². The molecule has 0 aromatic heterocycles. The van der Waals surface area contributed by atoms with Crippen molar-refractivity contribution < 1.29 is 54.0 Å². The molecule has 11 nitrogen and oxygen atoms in total. The zero-order valence-corrected chi connectivity index (χ0v) is 19.9. The maximum atomic E-state index is 10.8. The van der Waals surface area contributed by atoms with Crippen molar-refractivity contribution in [3.8, 4) is 0 Å². The summed E-state index contributed by atoms with van der Waals surface area (Å²) < 4.78 is 34.5. The van der Waals surface area contributed by atoms with Crippen LogP contribution in [-0.2, 0) is 35.0 Å². The van der Waals surface area contributed by atoms with Gasteiger partial charge in [-0.2, -0.15) is 0 Å². The van der Waals surface area contributed by atoms with Crippen LogP contribution in [0.3, 0.4) is 0 Å². The number of benzene rings is 2. The Morgan fingerprint density at radius 3 is 2.14 bits per heavy atom.